The highest BCUT2D eigenvalue weighted by atomic mass is 16.5. The van der Waals surface area contributed by atoms with Gasteiger partial charge in [0.1, 0.15) is 0 Å². The molecule has 0 spiro atoms. The zero-order valence-corrected chi connectivity index (χ0v) is 15.2. The summed E-state index contributed by atoms with van der Waals surface area (Å²) in [6.07, 6.45) is 2.48. The average Bonchev–Trinajstić information content (AvgIpc) is 3.04. The van der Waals surface area contributed by atoms with Crippen molar-refractivity contribution >= 4 is 23.6 Å². The fourth-order valence-corrected chi connectivity index (χ4v) is 2.12. The lowest BCUT2D eigenvalue weighted by molar-refractivity contribution is -0.143. The number of nitrogens with zero attached hydrogens (tertiary/aromatic N) is 4. The topological polar surface area (TPSA) is 99.0 Å². The van der Waals surface area contributed by atoms with Gasteiger partial charge < -0.3 is 10.1 Å². The summed E-state index contributed by atoms with van der Waals surface area (Å²) in [6.45, 7) is 6.00. The van der Waals surface area contributed by atoms with Crippen LogP contribution in [0.15, 0.2) is 30.3 Å². The maximum absolute atomic E-state index is 12.5. The van der Waals surface area contributed by atoms with E-state index < -0.39 is 5.97 Å². The molecule has 0 saturated carbocycles. The second-order valence-electron chi connectivity index (χ2n) is 6.19. The van der Waals surface area contributed by atoms with Gasteiger partial charge >= 0.3 is 5.97 Å². The van der Waals surface area contributed by atoms with Crippen LogP contribution in [0, 0.1) is 12.8 Å². The normalized spacial score (nSPS) is 11.5. The zero-order valence-electron chi connectivity index (χ0n) is 15.2. The molecule has 0 saturated heterocycles. The van der Waals surface area contributed by atoms with Crippen molar-refractivity contribution in [1.29, 1.82) is 0 Å². The fraction of sp³-hybridized carbons (Fsp3) is 0.389. The third-order valence-electron chi connectivity index (χ3n) is 3.54. The summed E-state index contributed by atoms with van der Waals surface area (Å²) in [5.41, 5.74) is 0.921. The Balaban J connectivity index is 2.06. The molecule has 0 atom stereocenters. The molecule has 1 aromatic carbocycles. The van der Waals surface area contributed by atoms with E-state index in [9.17, 15) is 9.59 Å². The van der Waals surface area contributed by atoms with Gasteiger partial charge in [-0.25, -0.2) is 4.79 Å². The van der Waals surface area contributed by atoms with Crippen LogP contribution < -0.4 is 5.32 Å². The first-order chi connectivity index (χ1) is 12.5. The first kappa shape index (κ1) is 19.3. The van der Waals surface area contributed by atoms with Crippen molar-refractivity contribution < 1.29 is 14.3 Å². The Labute approximate surface area is 152 Å². The van der Waals surface area contributed by atoms with Crippen molar-refractivity contribution in [1.82, 2.24) is 25.5 Å². The number of carbonyl (C=O) groups excluding carboxylic acids is 2. The molecular formula is C18H23N5O3. The lowest BCUT2D eigenvalue weighted by Crippen LogP contribution is -2.30. The van der Waals surface area contributed by atoms with Gasteiger partial charge in [-0.15, -0.1) is 5.10 Å². The summed E-state index contributed by atoms with van der Waals surface area (Å²) in [7, 11) is 0. The molecule has 1 N–H and O–H groups in total. The molecule has 0 aliphatic carbocycles. The Bertz CT molecular complexity index is 768. The summed E-state index contributed by atoms with van der Waals surface area (Å²) in [5, 5.41) is 13.9. The van der Waals surface area contributed by atoms with E-state index in [-0.39, 0.29) is 18.2 Å². The number of rotatable bonds is 8. The third kappa shape index (κ3) is 5.80. The monoisotopic (exact) mass is 357 g/mol. The zero-order chi connectivity index (χ0) is 18.9. The lowest BCUT2D eigenvalue weighted by Gasteiger charge is -2.10. The quantitative estimate of drug-likeness (QED) is 0.570. The van der Waals surface area contributed by atoms with Crippen LogP contribution >= 0.6 is 0 Å². The SMILES string of the molecule is Cc1nnnn1C(=Cc1ccccc1)C(=O)OCC(=O)NCCC(C)C. The van der Waals surface area contributed by atoms with Gasteiger partial charge in [0.2, 0.25) is 0 Å². The van der Waals surface area contributed by atoms with E-state index in [1.165, 1.54) is 4.68 Å². The predicted octanol–water partition coefficient (Wildman–Crippen LogP) is 1.69. The van der Waals surface area contributed by atoms with Gasteiger partial charge in [0, 0.05) is 6.54 Å². The molecule has 0 bridgehead atoms. The fourth-order valence-electron chi connectivity index (χ4n) is 2.12. The third-order valence-corrected chi connectivity index (χ3v) is 3.54. The molecule has 8 nitrogen and oxygen atoms in total. The number of hydrogen-bond acceptors (Lipinski definition) is 6. The highest BCUT2D eigenvalue weighted by Gasteiger charge is 2.18. The molecule has 26 heavy (non-hydrogen) atoms. The Morgan fingerprint density at radius 2 is 2.00 bits per heavy atom. The average molecular weight is 357 g/mol. The number of aromatic nitrogens is 4. The van der Waals surface area contributed by atoms with E-state index in [0.717, 1.165) is 12.0 Å². The second-order valence-corrected chi connectivity index (χ2v) is 6.19. The largest absolute Gasteiger partial charge is 0.451 e. The summed E-state index contributed by atoms with van der Waals surface area (Å²) in [5.74, 6) is -0.0960. The van der Waals surface area contributed by atoms with Gasteiger partial charge in [0.15, 0.2) is 18.1 Å². The number of benzene rings is 1. The molecule has 0 unspecified atom stereocenters. The molecule has 0 aliphatic rings. The maximum Gasteiger partial charge on any atom is 0.357 e. The number of amides is 1. The molecule has 1 amide bonds. The van der Waals surface area contributed by atoms with Crippen molar-refractivity contribution in [3.8, 4) is 0 Å². The summed E-state index contributed by atoms with van der Waals surface area (Å²) in [6, 6.07) is 9.25. The van der Waals surface area contributed by atoms with Crippen LogP contribution in [-0.2, 0) is 14.3 Å². The molecule has 8 heteroatoms. The molecule has 0 radical (unpaired) electrons. The summed E-state index contributed by atoms with van der Waals surface area (Å²) in [4.78, 5) is 24.3. The molecule has 2 aromatic rings. The van der Waals surface area contributed by atoms with E-state index in [1.807, 2.05) is 30.3 Å². The predicted molar refractivity (Wildman–Crippen MR) is 96.6 cm³/mol. The number of tetrazole rings is 1. The van der Waals surface area contributed by atoms with Crippen molar-refractivity contribution in [3.63, 3.8) is 0 Å². The van der Waals surface area contributed by atoms with Crippen molar-refractivity contribution in [2.75, 3.05) is 13.2 Å². The van der Waals surface area contributed by atoms with Gasteiger partial charge in [-0.1, -0.05) is 44.2 Å². The van der Waals surface area contributed by atoms with Crippen LogP contribution in [0.2, 0.25) is 0 Å². The Kier molecular flexibility index (Phi) is 7.02. The van der Waals surface area contributed by atoms with Gasteiger partial charge in [0.25, 0.3) is 5.91 Å². The highest BCUT2D eigenvalue weighted by molar-refractivity contribution is 6.15. The molecular weight excluding hydrogens is 334 g/mol. The smallest absolute Gasteiger partial charge is 0.357 e. The van der Waals surface area contributed by atoms with Crippen molar-refractivity contribution in [2.45, 2.75) is 27.2 Å². The minimum absolute atomic E-state index is 0.133. The van der Waals surface area contributed by atoms with Gasteiger partial charge in [0.05, 0.1) is 0 Å². The minimum atomic E-state index is -0.678. The van der Waals surface area contributed by atoms with Gasteiger partial charge in [-0.2, -0.15) is 4.68 Å². The van der Waals surface area contributed by atoms with Crippen LogP contribution in [0.4, 0.5) is 0 Å². The first-order valence-electron chi connectivity index (χ1n) is 8.43. The standard InChI is InChI=1S/C18H23N5O3/c1-13(2)9-10-19-17(24)12-26-18(25)16(23-14(3)20-21-22-23)11-15-7-5-4-6-8-15/h4-8,11,13H,9-10,12H2,1-3H3,(H,19,24). The van der Waals surface area contributed by atoms with E-state index in [1.54, 1.807) is 13.0 Å². The number of esters is 1. The lowest BCUT2D eigenvalue weighted by atomic mass is 10.1. The molecule has 0 fully saturated rings. The van der Waals surface area contributed by atoms with Crippen LogP contribution in [-0.4, -0.2) is 45.2 Å². The molecule has 1 heterocycles. The Morgan fingerprint density at radius 1 is 1.27 bits per heavy atom. The number of carbonyl (C=O) groups is 2. The van der Waals surface area contributed by atoms with E-state index >= 15 is 0 Å². The van der Waals surface area contributed by atoms with Crippen molar-refractivity contribution in [3.05, 3.63) is 41.7 Å². The van der Waals surface area contributed by atoms with Gasteiger partial charge in [-0.3, -0.25) is 4.79 Å². The van der Waals surface area contributed by atoms with Crippen LogP contribution in [0.3, 0.4) is 0 Å². The molecule has 1 aromatic heterocycles. The number of nitrogens with one attached hydrogen (secondary N) is 1. The van der Waals surface area contributed by atoms with E-state index in [0.29, 0.717) is 18.3 Å². The number of aryl methyl sites for hydroxylation is 1. The summed E-state index contributed by atoms with van der Waals surface area (Å²) < 4.78 is 6.42. The Morgan fingerprint density at radius 3 is 2.62 bits per heavy atom. The number of hydrogen-bond donors (Lipinski definition) is 1. The van der Waals surface area contributed by atoms with Crippen LogP contribution in [0.5, 0.6) is 0 Å². The molecule has 138 valence electrons. The minimum Gasteiger partial charge on any atom is -0.451 e. The van der Waals surface area contributed by atoms with E-state index in [4.69, 9.17) is 4.74 Å². The molecule has 2 rings (SSSR count). The molecule has 0 aliphatic heterocycles. The van der Waals surface area contributed by atoms with E-state index in [2.05, 4.69) is 34.7 Å². The number of ether oxygens (including phenoxy) is 1. The second kappa shape index (κ2) is 9.45. The highest BCUT2D eigenvalue weighted by Crippen LogP contribution is 2.13. The van der Waals surface area contributed by atoms with Gasteiger partial charge in [-0.05, 0) is 41.3 Å². The maximum atomic E-state index is 12.5. The van der Waals surface area contributed by atoms with Crippen LogP contribution in [0.1, 0.15) is 31.7 Å². The Hall–Kier alpha value is -3.03. The van der Waals surface area contributed by atoms with Crippen LogP contribution in [0.25, 0.3) is 11.8 Å². The van der Waals surface area contributed by atoms with Crippen molar-refractivity contribution in [2.24, 2.45) is 5.92 Å². The first-order valence-corrected chi connectivity index (χ1v) is 8.43. The summed E-state index contributed by atoms with van der Waals surface area (Å²) >= 11 is 0.